The van der Waals surface area contributed by atoms with E-state index in [2.05, 4.69) is 15.9 Å². The summed E-state index contributed by atoms with van der Waals surface area (Å²) in [4.78, 5) is 12.2. The highest BCUT2D eigenvalue weighted by Crippen LogP contribution is 2.29. The molecule has 0 atom stereocenters. The van der Waals surface area contributed by atoms with Crippen LogP contribution in [0, 0.1) is 17.1 Å². The maximum Gasteiger partial charge on any atom is 0.305 e. The van der Waals surface area contributed by atoms with E-state index in [1.165, 1.54) is 12.1 Å². The predicted molar refractivity (Wildman–Crippen MR) is 69.0 cm³/mol. The number of carboxylic acids is 1. The number of nitriles is 1. The van der Waals surface area contributed by atoms with Crippen molar-refractivity contribution in [3.8, 4) is 6.07 Å². The molecule has 0 aliphatic heterocycles. The monoisotopic (exact) mass is 314 g/mol. The van der Waals surface area contributed by atoms with Crippen molar-refractivity contribution < 1.29 is 14.3 Å². The Morgan fingerprint density at radius 2 is 2.28 bits per heavy atom. The number of benzene rings is 1. The number of halogens is 2. The summed E-state index contributed by atoms with van der Waals surface area (Å²) in [6.07, 6.45) is -0.0646. The summed E-state index contributed by atoms with van der Waals surface area (Å²) in [7, 11) is 0. The van der Waals surface area contributed by atoms with E-state index in [4.69, 9.17) is 10.4 Å². The molecule has 1 aromatic carbocycles. The molecular formula is C12H12BrFN2O2. The SMILES string of the molecule is CCN(CCC(=O)O)c1ccc(C#N)c(Br)c1F. The summed E-state index contributed by atoms with van der Waals surface area (Å²) in [5, 5.41) is 17.4. The predicted octanol–water partition coefficient (Wildman–Crippen LogP) is 2.76. The Morgan fingerprint density at radius 3 is 2.78 bits per heavy atom. The molecule has 0 aliphatic carbocycles. The van der Waals surface area contributed by atoms with E-state index in [0.29, 0.717) is 12.2 Å². The van der Waals surface area contributed by atoms with Crippen LogP contribution >= 0.6 is 15.9 Å². The van der Waals surface area contributed by atoms with E-state index in [9.17, 15) is 9.18 Å². The smallest absolute Gasteiger partial charge is 0.305 e. The van der Waals surface area contributed by atoms with E-state index in [1.807, 2.05) is 13.0 Å². The third-order valence-corrected chi connectivity index (χ3v) is 3.28. The average molecular weight is 315 g/mol. The topological polar surface area (TPSA) is 64.3 Å². The maximum absolute atomic E-state index is 14.0. The van der Waals surface area contributed by atoms with Crippen LogP contribution in [-0.2, 0) is 4.79 Å². The van der Waals surface area contributed by atoms with Crippen LogP contribution in [0.2, 0.25) is 0 Å². The van der Waals surface area contributed by atoms with Gasteiger partial charge in [-0.3, -0.25) is 4.79 Å². The van der Waals surface area contributed by atoms with Crippen LogP contribution in [0.4, 0.5) is 10.1 Å². The van der Waals surface area contributed by atoms with Gasteiger partial charge in [0.1, 0.15) is 6.07 Å². The minimum atomic E-state index is -0.929. The van der Waals surface area contributed by atoms with E-state index >= 15 is 0 Å². The fraction of sp³-hybridized carbons (Fsp3) is 0.333. The van der Waals surface area contributed by atoms with Gasteiger partial charge in [-0.05, 0) is 35.0 Å². The Morgan fingerprint density at radius 1 is 1.61 bits per heavy atom. The first kappa shape index (κ1) is 14.5. The van der Waals surface area contributed by atoms with Crippen LogP contribution in [0.5, 0.6) is 0 Å². The molecule has 0 saturated carbocycles. The summed E-state index contributed by atoms with van der Waals surface area (Å²) in [5.74, 6) is -1.47. The number of aliphatic carboxylic acids is 1. The standard InChI is InChI=1S/C12H12BrFN2O2/c1-2-16(6-5-10(17)18)9-4-3-8(7-15)11(13)12(9)14/h3-4H,2,5-6H2,1H3,(H,17,18). The van der Waals surface area contributed by atoms with Gasteiger partial charge in [-0.15, -0.1) is 0 Å². The Balaban J connectivity index is 3.04. The quantitative estimate of drug-likeness (QED) is 0.907. The molecule has 96 valence electrons. The van der Waals surface area contributed by atoms with Crippen molar-refractivity contribution in [2.75, 3.05) is 18.0 Å². The van der Waals surface area contributed by atoms with Crippen molar-refractivity contribution in [1.82, 2.24) is 0 Å². The van der Waals surface area contributed by atoms with Gasteiger partial charge < -0.3 is 10.0 Å². The molecule has 0 fully saturated rings. The highest BCUT2D eigenvalue weighted by molar-refractivity contribution is 9.10. The van der Waals surface area contributed by atoms with Gasteiger partial charge in [-0.2, -0.15) is 5.26 Å². The highest BCUT2D eigenvalue weighted by Gasteiger charge is 2.16. The van der Waals surface area contributed by atoms with Gasteiger partial charge in [-0.25, -0.2) is 4.39 Å². The zero-order valence-corrected chi connectivity index (χ0v) is 11.4. The highest BCUT2D eigenvalue weighted by atomic mass is 79.9. The van der Waals surface area contributed by atoms with Gasteiger partial charge in [0.2, 0.25) is 0 Å². The van der Waals surface area contributed by atoms with Crippen LogP contribution in [0.15, 0.2) is 16.6 Å². The number of hydrogen-bond donors (Lipinski definition) is 1. The van der Waals surface area contributed by atoms with Crippen molar-refractivity contribution in [3.05, 3.63) is 28.0 Å². The van der Waals surface area contributed by atoms with Gasteiger partial charge in [0.15, 0.2) is 5.82 Å². The number of hydrogen-bond acceptors (Lipinski definition) is 3. The number of rotatable bonds is 5. The van der Waals surface area contributed by atoms with Crippen LogP contribution in [0.25, 0.3) is 0 Å². The third-order valence-electron chi connectivity index (χ3n) is 2.50. The molecule has 0 aliphatic rings. The second-order valence-corrected chi connectivity index (χ2v) is 4.39. The summed E-state index contributed by atoms with van der Waals surface area (Å²) in [5.41, 5.74) is 0.509. The lowest BCUT2D eigenvalue weighted by atomic mass is 10.2. The maximum atomic E-state index is 14.0. The van der Waals surface area contributed by atoms with Crippen molar-refractivity contribution in [2.45, 2.75) is 13.3 Å². The molecule has 1 rings (SSSR count). The summed E-state index contributed by atoms with van der Waals surface area (Å²) >= 11 is 3.03. The molecular weight excluding hydrogens is 303 g/mol. The van der Waals surface area contributed by atoms with Crippen LogP contribution in [0.3, 0.4) is 0 Å². The molecule has 0 spiro atoms. The Bertz CT molecular complexity index is 500. The molecule has 18 heavy (non-hydrogen) atoms. The first-order valence-electron chi connectivity index (χ1n) is 5.36. The van der Waals surface area contributed by atoms with Crippen molar-refractivity contribution in [2.24, 2.45) is 0 Å². The molecule has 4 nitrogen and oxygen atoms in total. The minimum Gasteiger partial charge on any atom is -0.481 e. The molecule has 1 N–H and O–H groups in total. The van der Waals surface area contributed by atoms with Gasteiger partial charge in [0.25, 0.3) is 0 Å². The molecule has 0 unspecified atom stereocenters. The Hall–Kier alpha value is -1.61. The molecule has 0 bridgehead atoms. The molecule has 0 aromatic heterocycles. The molecule has 0 amide bonds. The van der Waals surface area contributed by atoms with E-state index < -0.39 is 11.8 Å². The van der Waals surface area contributed by atoms with Gasteiger partial charge in [0.05, 0.1) is 22.1 Å². The number of nitrogens with zero attached hydrogens (tertiary/aromatic N) is 2. The lowest BCUT2D eigenvalue weighted by Gasteiger charge is -2.23. The first-order valence-corrected chi connectivity index (χ1v) is 6.15. The fourth-order valence-corrected chi connectivity index (χ4v) is 1.97. The molecule has 0 heterocycles. The minimum absolute atomic E-state index is 0.0646. The molecule has 6 heteroatoms. The zero-order valence-electron chi connectivity index (χ0n) is 9.78. The summed E-state index contributed by atoms with van der Waals surface area (Å²) in [6.45, 7) is 2.52. The van der Waals surface area contributed by atoms with Crippen molar-refractivity contribution >= 4 is 27.6 Å². The van der Waals surface area contributed by atoms with E-state index in [0.717, 1.165) is 0 Å². The van der Waals surface area contributed by atoms with Crippen molar-refractivity contribution in [3.63, 3.8) is 0 Å². The number of carboxylic acid groups (broad SMARTS) is 1. The Kier molecular flexibility index (Phi) is 5.10. The second kappa shape index (κ2) is 6.36. The van der Waals surface area contributed by atoms with Gasteiger partial charge in [0, 0.05) is 13.1 Å². The van der Waals surface area contributed by atoms with E-state index in [1.54, 1.807) is 4.90 Å². The first-order chi connectivity index (χ1) is 8.51. The Labute approximate surface area is 113 Å². The van der Waals surface area contributed by atoms with Crippen LogP contribution in [-0.4, -0.2) is 24.2 Å². The molecule has 1 aromatic rings. The lowest BCUT2D eigenvalue weighted by Crippen LogP contribution is -2.26. The largest absolute Gasteiger partial charge is 0.481 e. The second-order valence-electron chi connectivity index (χ2n) is 3.60. The van der Waals surface area contributed by atoms with E-state index in [-0.39, 0.29) is 23.0 Å². The zero-order chi connectivity index (χ0) is 13.7. The molecule has 0 saturated heterocycles. The number of carbonyl (C=O) groups is 1. The fourth-order valence-electron chi connectivity index (χ4n) is 1.55. The average Bonchev–Trinajstić information content (AvgIpc) is 2.34. The van der Waals surface area contributed by atoms with Gasteiger partial charge in [-0.1, -0.05) is 0 Å². The molecule has 0 radical (unpaired) electrons. The number of anilines is 1. The van der Waals surface area contributed by atoms with Crippen LogP contribution in [0.1, 0.15) is 18.9 Å². The summed E-state index contributed by atoms with van der Waals surface area (Å²) < 4.78 is 14.1. The normalized spacial score (nSPS) is 9.89. The lowest BCUT2D eigenvalue weighted by molar-refractivity contribution is -0.136. The summed E-state index contributed by atoms with van der Waals surface area (Å²) in [6, 6.07) is 4.87. The van der Waals surface area contributed by atoms with Crippen molar-refractivity contribution in [1.29, 1.82) is 5.26 Å². The van der Waals surface area contributed by atoms with Gasteiger partial charge >= 0.3 is 5.97 Å². The van der Waals surface area contributed by atoms with Crippen LogP contribution < -0.4 is 4.90 Å². The third kappa shape index (κ3) is 3.20.